The maximum Gasteiger partial charge on any atom is 0.266 e. The highest BCUT2D eigenvalue weighted by molar-refractivity contribution is 14.1. The number of hydrogen-bond donors (Lipinski definition) is 2. The van der Waals surface area contributed by atoms with Gasteiger partial charge >= 0.3 is 0 Å². The molecule has 5 nitrogen and oxygen atoms in total. The molecular weight excluding hydrogens is 571 g/mol. The van der Waals surface area contributed by atoms with Gasteiger partial charge in [0.2, 0.25) is 0 Å². The molecule has 0 spiro atoms. The zero-order valence-electron chi connectivity index (χ0n) is 16.5. The summed E-state index contributed by atoms with van der Waals surface area (Å²) in [5.74, 6) is 0.267. The first-order valence-corrected chi connectivity index (χ1v) is 11.1. The monoisotopic (exact) mass is 588 g/mol. The molecule has 3 aromatic rings. The minimum atomic E-state index is -0.529. The molecule has 31 heavy (non-hydrogen) atoms. The molecule has 3 rings (SSSR count). The Morgan fingerprint density at radius 1 is 1.23 bits per heavy atom. The Bertz CT molecular complexity index is 1160. The fourth-order valence-corrected chi connectivity index (χ4v) is 4.59. The first-order valence-electron chi connectivity index (χ1n) is 9.25. The predicted molar refractivity (Wildman–Crippen MR) is 133 cm³/mol. The molecule has 0 aliphatic heterocycles. The van der Waals surface area contributed by atoms with Crippen molar-refractivity contribution >= 4 is 56.2 Å². The Balaban J connectivity index is 1.76. The number of anilines is 1. The van der Waals surface area contributed by atoms with E-state index in [0.29, 0.717) is 23.6 Å². The minimum Gasteiger partial charge on any atom is -0.508 e. The van der Waals surface area contributed by atoms with Crippen LogP contribution in [0.15, 0.2) is 70.7 Å². The highest BCUT2D eigenvalue weighted by Crippen LogP contribution is 2.33. The number of amides is 1. The number of carbonyl (C=O) groups is 1. The summed E-state index contributed by atoms with van der Waals surface area (Å²) in [6.45, 7) is 2.47. The summed E-state index contributed by atoms with van der Waals surface area (Å²) in [5, 5.41) is 21.4. The van der Waals surface area contributed by atoms with Crippen molar-refractivity contribution in [3.05, 3.63) is 91.0 Å². The summed E-state index contributed by atoms with van der Waals surface area (Å²) in [7, 11) is 0. The molecule has 0 unspecified atom stereocenters. The van der Waals surface area contributed by atoms with Gasteiger partial charge in [-0.15, -0.1) is 0 Å². The zero-order chi connectivity index (χ0) is 22.4. The van der Waals surface area contributed by atoms with E-state index < -0.39 is 5.91 Å². The number of aryl methyl sites for hydroxylation is 1. The van der Waals surface area contributed by atoms with Crippen LogP contribution >= 0.6 is 38.5 Å². The summed E-state index contributed by atoms with van der Waals surface area (Å²) in [4.78, 5) is 12.5. The lowest BCUT2D eigenvalue weighted by atomic mass is 10.1. The number of ether oxygens (including phenoxy) is 1. The highest BCUT2D eigenvalue weighted by Gasteiger charge is 2.13. The molecule has 3 aromatic carbocycles. The van der Waals surface area contributed by atoms with E-state index in [4.69, 9.17) is 4.74 Å². The van der Waals surface area contributed by atoms with Crippen LogP contribution in [0.25, 0.3) is 6.08 Å². The molecule has 0 bridgehead atoms. The molecule has 0 saturated carbocycles. The van der Waals surface area contributed by atoms with Gasteiger partial charge < -0.3 is 15.2 Å². The summed E-state index contributed by atoms with van der Waals surface area (Å²) in [6, 6.07) is 19.7. The van der Waals surface area contributed by atoms with Crippen molar-refractivity contribution < 1.29 is 14.6 Å². The third kappa shape index (κ3) is 6.32. The maximum atomic E-state index is 12.5. The van der Waals surface area contributed by atoms with Crippen LogP contribution in [0.1, 0.15) is 16.7 Å². The van der Waals surface area contributed by atoms with Gasteiger partial charge in [-0.2, -0.15) is 5.26 Å². The Hall–Kier alpha value is -2.83. The molecule has 0 atom stereocenters. The second-order valence-electron chi connectivity index (χ2n) is 6.76. The third-order valence-corrected chi connectivity index (χ3v) is 5.68. The number of rotatable bonds is 6. The van der Waals surface area contributed by atoms with Crippen LogP contribution in [0.4, 0.5) is 5.69 Å². The molecular formula is C24H18BrIN2O3. The number of nitrogens with one attached hydrogen (secondary N) is 1. The van der Waals surface area contributed by atoms with Gasteiger partial charge in [0.25, 0.3) is 5.91 Å². The number of phenolic OH excluding ortho intramolecular Hbond substituents is 1. The van der Waals surface area contributed by atoms with E-state index in [1.165, 1.54) is 23.8 Å². The van der Waals surface area contributed by atoms with E-state index in [0.717, 1.165) is 13.6 Å². The molecule has 2 N–H and O–H groups in total. The largest absolute Gasteiger partial charge is 0.508 e. The first-order chi connectivity index (χ1) is 14.9. The van der Waals surface area contributed by atoms with Crippen LogP contribution in [-0.4, -0.2) is 11.0 Å². The molecule has 0 aliphatic carbocycles. The average Bonchev–Trinajstić information content (AvgIpc) is 2.73. The van der Waals surface area contributed by atoms with Gasteiger partial charge in [-0.05, 0) is 99.0 Å². The van der Waals surface area contributed by atoms with Crippen molar-refractivity contribution in [2.45, 2.75) is 13.5 Å². The number of hydrogen-bond acceptors (Lipinski definition) is 4. The number of halogens is 2. The zero-order valence-corrected chi connectivity index (χ0v) is 20.3. The van der Waals surface area contributed by atoms with Crippen molar-refractivity contribution in [2.24, 2.45) is 0 Å². The van der Waals surface area contributed by atoms with Gasteiger partial charge in [0.1, 0.15) is 29.7 Å². The highest BCUT2D eigenvalue weighted by atomic mass is 127. The molecule has 0 heterocycles. The van der Waals surface area contributed by atoms with Gasteiger partial charge in [0.05, 0.1) is 8.04 Å². The van der Waals surface area contributed by atoms with Crippen molar-refractivity contribution in [1.29, 1.82) is 5.26 Å². The van der Waals surface area contributed by atoms with E-state index in [1.807, 2.05) is 37.3 Å². The van der Waals surface area contributed by atoms with Crippen LogP contribution in [0.5, 0.6) is 11.5 Å². The molecule has 0 fully saturated rings. The lowest BCUT2D eigenvalue weighted by Gasteiger charge is -2.12. The first kappa shape index (κ1) is 22.8. The number of phenols is 1. The number of nitriles is 1. The summed E-state index contributed by atoms with van der Waals surface area (Å²) < 4.78 is 7.57. The van der Waals surface area contributed by atoms with E-state index in [1.54, 1.807) is 18.2 Å². The number of nitrogens with zero attached hydrogens (tertiary/aromatic N) is 1. The van der Waals surface area contributed by atoms with Crippen molar-refractivity contribution in [3.63, 3.8) is 0 Å². The van der Waals surface area contributed by atoms with Gasteiger partial charge in [0, 0.05) is 5.69 Å². The SMILES string of the molecule is Cc1cccc(COc2c(Br)cc(/C=C(\C#N)C(=O)Nc3ccc(O)cc3)cc2I)c1. The van der Waals surface area contributed by atoms with E-state index in [-0.39, 0.29) is 11.3 Å². The quantitative estimate of drug-likeness (QED) is 0.156. The van der Waals surface area contributed by atoms with Crippen LogP contribution in [0.3, 0.4) is 0 Å². The maximum absolute atomic E-state index is 12.5. The van der Waals surface area contributed by atoms with Crippen molar-refractivity contribution in [1.82, 2.24) is 0 Å². The average molecular weight is 589 g/mol. The Kier molecular flexibility index (Phi) is 7.71. The van der Waals surface area contributed by atoms with Crippen LogP contribution < -0.4 is 10.1 Å². The molecule has 0 saturated heterocycles. The molecule has 0 aromatic heterocycles. The van der Waals surface area contributed by atoms with E-state index in [2.05, 4.69) is 49.9 Å². The molecule has 0 aliphatic rings. The lowest BCUT2D eigenvalue weighted by Crippen LogP contribution is -2.13. The number of carbonyl (C=O) groups excluding carboxylic acids is 1. The summed E-state index contributed by atoms with van der Waals surface area (Å²) in [5.41, 5.74) is 3.38. The van der Waals surface area contributed by atoms with Gasteiger partial charge in [-0.3, -0.25) is 4.79 Å². The van der Waals surface area contributed by atoms with E-state index in [9.17, 15) is 15.2 Å². The topological polar surface area (TPSA) is 82.3 Å². The van der Waals surface area contributed by atoms with Crippen molar-refractivity contribution in [2.75, 3.05) is 5.32 Å². The fourth-order valence-electron chi connectivity index (χ4n) is 2.82. The molecule has 7 heteroatoms. The third-order valence-electron chi connectivity index (χ3n) is 4.29. The van der Waals surface area contributed by atoms with Crippen LogP contribution in [0.2, 0.25) is 0 Å². The van der Waals surface area contributed by atoms with E-state index >= 15 is 0 Å². The summed E-state index contributed by atoms with van der Waals surface area (Å²) >= 11 is 5.70. The molecule has 156 valence electrons. The Labute approximate surface area is 202 Å². The van der Waals surface area contributed by atoms with Gasteiger partial charge in [-0.1, -0.05) is 29.8 Å². The Morgan fingerprint density at radius 2 is 1.97 bits per heavy atom. The van der Waals surface area contributed by atoms with Crippen molar-refractivity contribution in [3.8, 4) is 17.6 Å². The second-order valence-corrected chi connectivity index (χ2v) is 8.78. The lowest BCUT2D eigenvalue weighted by molar-refractivity contribution is -0.112. The van der Waals surface area contributed by atoms with Crippen LogP contribution in [0, 0.1) is 21.8 Å². The van der Waals surface area contributed by atoms with Gasteiger partial charge in [0.15, 0.2) is 0 Å². The number of benzene rings is 3. The second kappa shape index (κ2) is 10.5. The fraction of sp³-hybridized carbons (Fsp3) is 0.0833. The molecule has 1 amide bonds. The number of aromatic hydroxyl groups is 1. The predicted octanol–water partition coefficient (Wildman–Crippen LogP) is 6.19. The smallest absolute Gasteiger partial charge is 0.266 e. The van der Waals surface area contributed by atoms with Gasteiger partial charge in [-0.25, -0.2) is 0 Å². The molecule has 0 radical (unpaired) electrons. The Morgan fingerprint density at radius 3 is 2.61 bits per heavy atom. The van der Waals surface area contributed by atoms with Crippen LogP contribution in [-0.2, 0) is 11.4 Å². The summed E-state index contributed by atoms with van der Waals surface area (Å²) in [6.07, 6.45) is 1.52. The minimum absolute atomic E-state index is 0.0378. The standard InChI is InChI=1S/C24H18BrIN2O3/c1-15-3-2-4-16(9-15)14-31-23-21(25)11-17(12-22(23)26)10-18(13-27)24(30)28-19-5-7-20(29)8-6-19/h2-12,29H,14H2,1H3,(H,28,30)/b18-10+. The normalized spacial score (nSPS) is 11.0.